The van der Waals surface area contributed by atoms with Crippen LogP contribution in [0.4, 0.5) is 17.5 Å². The van der Waals surface area contributed by atoms with Crippen molar-refractivity contribution in [2.24, 2.45) is 0 Å². The zero-order chi connectivity index (χ0) is 18.8. The maximum absolute atomic E-state index is 9.65. The van der Waals surface area contributed by atoms with Crippen LogP contribution in [0.3, 0.4) is 0 Å². The summed E-state index contributed by atoms with van der Waals surface area (Å²) in [5.74, 6) is 1.03. The molecule has 3 N–H and O–H groups in total. The van der Waals surface area contributed by atoms with Crippen LogP contribution in [0.15, 0.2) is 47.1 Å². The topological polar surface area (TPSA) is 104 Å². The van der Waals surface area contributed by atoms with Crippen LogP contribution in [0.2, 0.25) is 0 Å². The van der Waals surface area contributed by atoms with E-state index in [1.807, 2.05) is 0 Å². The van der Waals surface area contributed by atoms with Gasteiger partial charge >= 0.3 is 0 Å². The minimum atomic E-state index is 0.102. The van der Waals surface area contributed by atoms with Crippen LogP contribution >= 0.6 is 0 Å². The molecular weight excluding hydrogens is 340 g/mol. The molecule has 7 nitrogen and oxygen atoms in total. The van der Waals surface area contributed by atoms with E-state index in [0.29, 0.717) is 29.4 Å². The number of nitrogens with one attached hydrogen (secondary N) is 1. The van der Waals surface area contributed by atoms with Crippen molar-refractivity contribution in [3.05, 3.63) is 53.8 Å². The number of benzene rings is 1. The molecule has 0 fully saturated rings. The molecule has 4 rings (SSSR count). The van der Waals surface area contributed by atoms with Crippen molar-refractivity contribution in [2.45, 2.75) is 18.9 Å². The fraction of sp³-hybridized carbons (Fsp3) is 0.250. The maximum Gasteiger partial charge on any atom is 0.222 e. The molecule has 0 bridgehead atoms. The number of aryl methyl sites for hydroxylation is 1. The van der Waals surface area contributed by atoms with Crippen molar-refractivity contribution in [1.29, 1.82) is 5.26 Å². The first-order valence-electron chi connectivity index (χ1n) is 8.83. The van der Waals surface area contributed by atoms with Gasteiger partial charge in [-0.15, -0.1) is 0 Å². The molecule has 27 heavy (non-hydrogen) atoms. The van der Waals surface area contributed by atoms with Crippen LogP contribution in [-0.2, 0) is 6.42 Å². The van der Waals surface area contributed by atoms with Crippen LogP contribution in [0.25, 0.3) is 11.5 Å². The molecule has 0 amide bonds. The molecule has 0 saturated carbocycles. The third-order valence-corrected chi connectivity index (χ3v) is 4.96. The standard InChI is InChI=1S/C20H20N6O/c1-26-14(9-8-13-5-2-3-6-16(13)26)12-23-19-15(11-21)18(24-20(22)25-19)17-7-4-10-27-17/h2-7,10,14H,8-9,12H2,1H3,(H3,22,23,24,25). The molecule has 1 aromatic carbocycles. The van der Waals surface area contributed by atoms with Crippen molar-refractivity contribution < 1.29 is 4.42 Å². The van der Waals surface area contributed by atoms with Gasteiger partial charge in [0.2, 0.25) is 5.95 Å². The predicted octanol–water partition coefficient (Wildman–Crippen LogP) is 3.05. The molecule has 0 spiro atoms. The zero-order valence-electron chi connectivity index (χ0n) is 15.0. The van der Waals surface area contributed by atoms with E-state index in [1.54, 1.807) is 12.1 Å². The fourth-order valence-electron chi connectivity index (χ4n) is 3.54. The van der Waals surface area contributed by atoms with Crippen molar-refractivity contribution in [1.82, 2.24) is 9.97 Å². The Morgan fingerprint density at radius 2 is 2.15 bits per heavy atom. The van der Waals surface area contributed by atoms with Gasteiger partial charge in [0.1, 0.15) is 23.1 Å². The van der Waals surface area contributed by atoms with E-state index in [9.17, 15) is 5.26 Å². The lowest BCUT2D eigenvalue weighted by Gasteiger charge is -2.36. The largest absolute Gasteiger partial charge is 0.463 e. The van der Waals surface area contributed by atoms with E-state index in [2.05, 4.69) is 57.6 Å². The second-order valence-electron chi connectivity index (χ2n) is 6.56. The normalized spacial score (nSPS) is 15.9. The monoisotopic (exact) mass is 360 g/mol. The Kier molecular flexibility index (Phi) is 4.38. The highest BCUT2D eigenvalue weighted by molar-refractivity contribution is 5.71. The summed E-state index contributed by atoms with van der Waals surface area (Å²) in [5, 5.41) is 12.9. The number of anilines is 3. The van der Waals surface area contributed by atoms with Gasteiger partial charge in [-0.1, -0.05) is 18.2 Å². The van der Waals surface area contributed by atoms with Crippen molar-refractivity contribution in [3.8, 4) is 17.5 Å². The van der Waals surface area contributed by atoms with E-state index in [-0.39, 0.29) is 12.0 Å². The predicted molar refractivity (Wildman–Crippen MR) is 104 cm³/mol. The molecule has 0 radical (unpaired) electrons. The number of para-hydroxylation sites is 1. The molecule has 1 aliphatic heterocycles. The molecule has 1 atom stereocenters. The smallest absolute Gasteiger partial charge is 0.222 e. The van der Waals surface area contributed by atoms with E-state index in [1.165, 1.54) is 17.5 Å². The lowest BCUT2D eigenvalue weighted by atomic mass is 9.96. The van der Waals surface area contributed by atoms with Gasteiger partial charge in [-0.25, -0.2) is 4.98 Å². The van der Waals surface area contributed by atoms with Gasteiger partial charge in [0, 0.05) is 25.3 Å². The van der Waals surface area contributed by atoms with E-state index < -0.39 is 0 Å². The molecule has 0 aliphatic carbocycles. The Balaban J connectivity index is 1.58. The van der Waals surface area contributed by atoms with Gasteiger partial charge in [0.15, 0.2) is 5.76 Å². The minimum absolute atomic E-state index is 0.102. The first kappa shape index (κ1) is 16.9. The summed E-state index contributed by atoms with van der Waals surface area (Å²) in [5.41, 5.74) is 9.21. The number of hydrogen-bond acceptors (Lipinski definition) is 7. The van der Waals surface area contributed by atoms with Gasteiger partial charge in [0.25, 0.3) is 0 Å². The summed E-state index contributed by atoms with van der Waals surface area (Å²) in [7, 11) is 2.10. The van der Waals surface area contributed by atoms with Crippen LogP contribution in [0.5, 0.6) is 0 Å². The highest BCUT2D eigenvalue weighted by Crippen LogP contribution is 2.30. The summed E-state index contributed by atoms with van der Waals surface area (Å²) in [4.78, 5) is 10.7. The van der Waals surface area contributed by atoms with Gasteiger partial charge < -0.3 is 20.4 Å². The Labute approximate surface area is 157 Å². The lowest BCUT2D eigenvalue weighted by Crippen LogP contribution is -2.41. The third kappa shape index (κ3) is 3.17. The number of nitrogens with zero attached hydrogens (tertiary/aromatic N) is 4. The Morgan fingerprint density at radius 1 is 1.30 bits per heavy atom. The molecule has 7 heteroatoms. The van der Waals surface area contributed by atoms with Gasteiger partial charge in [-0.2, -0.15) is 10.2 Å². The number of hydrogen-bond donors (Lipinski definition) is 2. The summed E-state index contributed by atoms with van der Waals surface area (Å²) in [6, 6.07) is 14.4. The zero-order valence-corrected chi connectivity index (χ0v) is 15.0. The average molecular weight is 360 g/mol. The number of likely N-dealkylation sites (N-methyl/N-ethyl adjacent to an activating group) is 1. The number of nitrogens with two attached hydrogens (primary N) is 1. The number of nitrogen functional groups attached to an aromatic ring is 1. The number of rotatable bonds is 4. The number of aromatic nitrogens is 2. The summed E-state index contributed by atoms with van der Waals surface area (Å²) >= 11 is 0. The molecule has 0 saturated heterocycles. The Morgan fingerprint density at radius 3 is 2.93 bits per heavy atom. The fourth-order valence-corrected chi connectivity index (χ4v) is 3.54. The third-order valence-electron chi connectivity index (χ3n) is 4.96. The number of furan rings is 1. The average Bonchev–Trinajstić information content (AvgIpc) is 3.22. The summed E-state index contributed by atoms with van der Waals surface area (Å²) in [6.45, 7) is 0.646. The molecule has 3 heterocycles. The number of nitriles is 1. The minimum Gasteiger partial charge on any atom is -0.463 e. The molecule has 136 valence electrons. The lowest BCUT2D eigenvalue weighted by molar-refractivity contribution is 0.575. The molecular formula is C20H20N6O. The molecule has 1 aliphatic rings. The molecule has 2 aromatic heterocycles. The summed E-state index contributed by atoms with van der Waals surface area (Å²) in [6.07, 6.45) is 3.59. The van der Waals surface area contributed by atoms with E-state index >= 15 is 0 Å². The van der Waals surface area contributed by atoms with Crippen LogP contribution < -0.4 is 16.0 Å². The first-order valence-corrected chi connectivity index (χ1v) is 8.83. The quantitative estimate of drug-likeness (QED) is 0.737. The van der Waals surface area contributed by atoms with Gasteiger partial charge in [-0.05, 0) is 36.6 Å². The number of fused-ring (bicyclic) bond motifs is 1. The van der Waals surface area contributed by atoms with Crippen molar-refractivity contribution in [3.63, 3.8) is 0 Å². The molecule has 1 unspecified atom stereocenters. The van der Waals surface area contributed by atoms with Gasteiger partial charge in [0.05, 0.1) is 6.26 Å². The van der Waals surface area contributed by atoms with E-state index in [0.717, 1.165) is 12.8 Å². The highest BCUT2D eigenvalue weighted by atomic mass is 16.3. The Bertz CT molecular complexity index is 992. The maximum atomic E-state index is 9.65. The second-order valence-corrected chi connectivity index (χ2v) is 6.56. The van der Waals surface area contributed by atoms with Crippen LogP contribution in [-0.4, -0.2) is 29.6 Å². The highest BCUT2D eigenvalue weighted by Gasteiger charge is 2.24. The Hall–Kier alpha value is -3.53. The van der Waals surface area contributed by atoms with Crippen molar-refractivity contribution >= 4 is 17.5 Å². The first-order chi connectivity index (χ1) is 13.2. The van der Waals surface area contributed by atoms with E-state index in [4.69, 9.17) is 10.2 Å². The molecule has 3 aromatic rings. The van der Waals surface area contributed by atoms with Crippen LogP contribution in [0.1, 0.15) is 17.5 Å². The second kappa shape index (κ2) is 7.00. The van der Waals surface area contributed by atoms with Gasteiger partial charge in [-0.3, -0.25) is 0 Å². The SMILES string of the molecule is CN1c2ccccc2CCC1CNc1nc(N)nc(-c2ccco2)c1C#N. The summed E-state index contributed by atoms with van der Waals surface area (Å²) < 4.78 is 5.39. The van der Waals surface area contributed by atoms with Crippen LogP contribution in [0, 0.1) is 11.3 Å². The van der Waals surface area contributed by atoms with Crippen molar-refractivity contribution in [2.75, 3.05) is 29.5 Å².